The van der Waals surface area contributed by atoms with Crippen molar-refractivity contribution in [2.45, 2.75) is 6.92 Å². The minimum Gasteiger partial charge on any atom is -0.267 e. The molecule has 2 rings (SSSR count). The molecule has 0 saturated carbocycles. The summed E-state index contributed by atoms with van der Waals surface area (Å²) >= 11 is 3.36. The van der Waals surface area contributed by atoms with Crippen molar-refractivity contribution in [3.8, 4) is 0 Å². The van der Waals surface area contributed by atoms with E-state index in [2.05, 4.69) is 26.5 Å². The molecule has 112 valence electrons. The zero-order chi connectivity index (χ0) is 16.1. The van der Waals surface area contributed by atoms with Crippen molar-refractivity contribution in [3.63, 3.8) is 0 Å². The van der Waals surface area contributed by atoms with Crippen LogP contribution in [0.3, 0.4) is 0 Å². The van der Waals surface area contributed by atoms with Gasteiger partial charge in [-0.2, -0.15) is 5.10 Å². The fourth-order valence-corrected chi connectivity index (χ4v) is 2.06. The van der Waals surface area contributed by atoms with Crippen LogP contribution in [0, 0.1) is 17.0 Å². The lowest BCUT2D eigenvalue weighted by atomic mass is 10.1. The monoisotopic (exact) mass is 361 g/mol. The van der Waals surface area contributed by atoms with Crippen LogP contribution in [-0.4, -0.2) is 17.0 Å². The summed E-state index contributed by atoms with van der Waals surface area (Å²) < 4.78 is 0.836. The highest BCUT2D eigenvalue weighted by Crippen LogP contribution is 2.17. The number of nitrogens with zero attached hydrogens (tertiary/aromatic N) is 2. The normalized spacial score (nSPS) is 10.6. The molecule has 22 heavy (non-hydrogen) atoms. The number of non-ortho nitro benzene ring substituents is 1. The lowest BCUT2D eigenvalue weighted by Crippen LogP contribution is -2.17. The van der Waals surface area contributed by atoms with Crippen LogP contribution in [0.25, 0.3) is 0 Å². The number of halogens is 1. The van der Waals surface area contributed by atoms with Gasteiger partial charge < -0.3 is 0 Å². The molecule has 6 nitrogen and oxygen atoms in total. The Morgan fingerprint density at radius 1 is 1.32 bits per heavy atom. The Morgan fingerprint density at radius 2 is 2.09 bits per heavy atom. The van der Waals surface area contributed by atoms with Gasteiger partial charge in [-0.15, -0.1) is 0 Å². The molecule has 0 aliphatic heterocycles. The molecule has 7 heteroatoms. The number of hydrogen-bond donors (Lipinski definition) is 1. The van der Waals surface area contributed by atoms with Gasteiger partial charge >= 0.3 is 0 Å². The van der Waals surface area contributed by atoms with Gasteiger partial charge in [0.1, 0.15) is 0 Å². The summed E-state index contributed by atoms with van der Waals surface area (Å²) in [6.07, 6.45) is 1.36. The number of benzene rings is 2. The minimum absolute atomic E-state index is 0.0299. The van der Waals surface area contributed by atoms with Crippen molar-refractivity contribution in [1.82, 2.24) is 5.43 Å². The van der Waals surface area contributed by atoms with E-state index in [-0.39, 0.29) is 11.6 Å². The number of aryl methyl sites for hydroxylation is 1. The van der Waals surface area contributed by atoms with Gasteiger partial charge in [0.05, 0.1) is 11.1 Å². The van der Waals surface area contributed by atoms with Crippen molar-refractivity contribution in [2.75, 3.05) is 0 Å². The Bertz CT molecular complexity index is 759. The van der Waals surface area contributed by atoms with Crippen LogP contribution in [0.1, 0.15) is 21.5 Å². The molecule has 0 radical (unpaired) electrons. The summed E-state index contributed by atoms with van der Waals surface area (Å²) in [4.78, 5) is 22.1. The van der Waals surface area contributed by atoms with Gasteiger partial charge in [-0.25, -0.2) is 5.43 Å². The molecular weight excluding hydrogens is 350 g/mol. The van der Waals surface area contributed by atoms with Crippen molar-refractivity contribution in [3.05, 3.63) is 73.7 Å². The first kappa shape index (κ1) is 15.8. The number of carbonyl (C=O) groups excluding carboxylic acids is 1. The molecule has 0 saturated heterocycles. The predicted molar refractivity (Wildman–Crippen MR) is 87.0 cm³/mol. The Labute approximate surface area is 135 Å². The van der Waals surface area contributed by atoms with Gasteiger partial charge in [-0.1, -0.05) is 34.1 Å². The molecule has 0 aliphatic rings. The standard InChI is InChI=1S/C15H12BrN3O3/c1-10-5-6-12(8-14(10)16)15(20)18-17-9-11-3-2-4-13(7-11)19(21)22/h2-9H,1H3,(H,18,20). The van der Waals surface area contributed by atoms with Gasteiger partial charge in [0, 0.05) is 27.7 Å². The van der Waals surface area contributed by atoms with Gasteiger partial charge in [0.2, 0.25) is 0 Å². The quantitative estimate of drug-likeness (QED) is 0.514. The molecule has 0 spiro atoms. The summed E-state index contributed by atoms with van der Waals surface area (Å²) in [7, 11) is 0. The van der Waals surface area contributed by atoms with E-state index in [9.17, 15) is 14.9 Å². The number of hydrogen-bond acceptors (Lipinski definition) is 4. The summed E-state index contributed by atoms with van der Waals surface area (Å²) in [5.41, 5.74) is 4.37. The zero-order valence-electron chi connectivity index (χ0n) is 11.6. The SMILES string of the molecule is Cc1ccc(C(=O)NN=Cc2cccc([N+](=O)[O-])c2)cc1Br. The Hall–Kier alpha value is -2.54. The average Bonchev–Trinajstić information content (AvgIpc) is 2.50. The molecular formula is C15H12BrN3O3. The lowest BCUT2D eigenvalue weighted by molar-refractivity contribution is -0.384. The summed E-state index contributed by atoms with van der Waals surface area (Å²) in [5.74, 6) is -0.359. The lowest BCUT2D eigenvalue weighted by Gasteiger charge is -2.02. The maximum Gasteiger partial charge on any atom is 0.271 e. The molecule has 0 unspecified atom stereocenters. The first-order valence-corrected chi connectivity index (χ1v) is 7.10. The molecule has 1 amide bonds. The fourth-order valence-electron chi connectivity index (χ4n) is 1.68. The highest BCUT2D eigenvalue weighted by molar-refractivity contribution is 9.10. The Kier molecular flexibility index (Phi) is 5.00. The second-order valence-corrected chi connectivity index (χ2v) is 5.37. The molecule has 2 aromatic carbocycles. The van der Waals surface area contributed by atoms with Gasteiger partial charge in [0.15, 0.2) is 0 Å². The number of hydrazone groups is 1. The van der Waals surface area contributed by atoms with E-state index in [0.29, 0.717) is 11.1 Å². The largest absolute Gasteiger partial charge is 0.271 e. The second kappa shape index (κ2) is 6.95. The van der Waals surface area contributed by atoms with E-state index in [1.807, 2.05) is 13.0 Å². The topological polar surface area (TPSA) is 84.6 Å². The number of amides is 1. The van der Waals surface area contributed by atoms with E-state index in [1.54, 1.807) is 24.3 Å². The van der Waals surface area contributed by atoms with Crippen LogP contribution < -0.4 is 5.43 Å². The molecule has 0 heterocycles. The minimum atomic E-state index is -0.486. The van der Waals surface area contributed by atoms with Crippen molar-refractivity contribution in [2.24, 2.45) is 5.10 Å². The number of nitro benzene ring substituents is 1. The first-order valence-electron chi connectivity index (χ1n) is 6.31. The van der Waals surface area contributed by atoms with E-state index >= 15 is 0 Å². The third-order valence-corrected chi connectivity index (χ3v) is 3.75. The molecule has 1 N–H and O–H groups in total. The maximum absolute atomic E-state index is 11.9. The fraction of sp³-hybridized carbons (Fsp3) is 0.0667. The third-order valence-electron chi connectivity index (χ3n) is 2.89. The van der Waals surface area contributed by atoms with Crippen LogP contribution in [-0.2, 0) is 0 Å². The van der Waals surface area contributed by atoms with Crippen LogP contribution in [0.5, 0.6) is 0 Å². The van der Waals surface area contributed by atoms with E-state index in [1.165, 1.54) is 18.3 Å². The van der Waals surface area contributed by atoms with Crippen molar-refractivity contribution in [1.29, 1.82) is 0 Å². The smallest absolute Gasteiger partial charge is 0.267 e. The number of rotatable bonds is 4. The molecule has 0 fully saturated rings. The van der Waals surface area contributed by atoms with Gasteiger partial charge in [0.25, 0.3) is 11.6 Å². The molecule has 0 aromatic heterocycles. The van der Waals surface area contributed by atoms with Crippen molar-refractivity contribution < 1.29 is 9.72 Å². The van der Waals surface area contributed by atoms with Crippen LogP contribution in [0.15, 0.2) is 52.0 Å². The Morgan fingerprint density at radius 3 is 2.77 bits per heavy atom. The number of nitro groups is 1. The van der Waals surface area contributed by atoms with E-state index < -0.39 is 4.92 Å². The van der Waals surface area contributed by atoms with Gasteiger partial charge in [-0.05, 0) is 24.6 Å². The van der Waals surface area contributed by atoms with E-state index in [4.69, 9.17) is 0 Å². The summed E-state index contributed by atoms with van der Waals surface area (Å²) in [6.45, 7) is 1.92. The molecule has 0 aliphatic carbocycles. The van der Waals surface area contributed by atoms with Crippen molar-refractivity contribution >= 4 is 33.7 Å². The van der Waals surface area contributed by atoms with Crippen LogP contribution >= 0.6 is 15.9 Å². The zero-order valence-corrected chi connectivity index (χ0v) is 13.2. The second-order valence-electron chi connectivity index (χ2n) is 4.52. The third kappa shape index (κ3) is 3.98. The summed E-state index contributed by atoms with van der Waals surface area (Å²) in [5, 5.41) is 14.5. The summed E-state index contributed by atoms with van der Waals surface area (Å²) in [6, 6.07) is 11.2. The Balaban J connectivity index is 2.05. The molecule has 0 atom stereocenters. The highest BCUT2D eigenvalue weighted by Gasteiger charge is 2.06. The predicted octanol–water partition coefficient (Wildman–Crippen LogP) is 3.43. The molecule has 2 aromatic rings. The average molecular weight is 362 g/mol. The van der Waals surface area contributed by atoms with E-state index in [0.717, 1.165) is 10.0 Å². The van der Waals surface area contributed by atoms with Gasteiger partial charge in [-0.3, -0.25) is 14.9 Å². The number of carbonyl (C=O) groups is 1. The van der Waals surface area contributed by atoms with Crippen LogP contribution in [0.4, 0.5) is 5.69 Å². The maximum atomic E-state index is 11.9. The number of nitrogens with one attached hydrogen (secondary N) is 1. The first-order chi connectivity index (χ1) is 10.5. The molecule has 0 bridgehead atoms. The van der Waals surface area contributed by atoms with Crippen LogP contribution in [0.2, 0.25) is 0 Å². The highest BCUT2D eigenvalue weighted by atomic mass is 79.9.